The second-order valence-electron chi connectivity index (χ2n) is 3.62. The maximum atomic E-state index is 11.0. The van der Waals surface area contributed by atoms with E-state index in [-0.39, 0.29) is 17.3 Å². The number of methoxy groups -OCH3 is 1. The first-order valence-corrected chi connectivity index (χ1v) is 5.32. The number of anilines is 1. The molecule has 2 aromatic rings. The predicted molar refractivity (Wildman–Crippen MR) is 68.4 cm³/mol. The molecule has 0 aliphatic carbocycles. The molecule has 1 heterocycles. The maximum Gasteiger partial charge on any atom is 0.315 e. The Kier molecular flexibility index (Phi) is 3.46. The van der Waals surface area contributed by atoms with Gasteiger partial charge in [-0.05, 0) is 18.2 Å². The number of rotatable bonds is 4. The lowest BCUT2D eigenvalue weighted by molar-refractivity contribution is -0.385. The van der Waals surface area contributed by atoms with Crippen molar-refractivity contribution in [1.82, 2.24) is 4.98 Å². The first-order chi connectivity index (χ1) is 9.10. The van der Waals surface area contributed by atoms with Gasteiger partial charge in [0, 0.05) is 18.0 Å². The molecule has 19 heavy (non-hydrogen) atoms. The van der Waals surface area contributed by atoms with Crippen molar-refractivity contribution in [2.75, 3.05) is 12.8 Å². The molecule has 0 saturated carbocycles. The molecule has 0 amide bonds. The number of hydrogen-bond donors (Lipinski definition) is 1. The summed E-state index contributed by atoms with van der Waals surface area (Å²) in [5, 5.41) is 11.0. The van der Waals surface area contributed by atoms with Crippen LogP contribution >= 0.6 is 0 Å². The standard InChI is InChI=1S/C12H11N3O4/c1-18-9-2-3-11(10(7-9)15(16)17)19-12-6-8(13)4-5-14-12/h2-7H,1H3,(H2,13,14). The molecule has 0 bridgehead atoms. The molecule has 0 saturated heterocycles. The molecule has 7 nitrogen and oxygen atoms in total. The molecule has 0 radical (unpaired) electrons. The van der Waals surface area contributed by atoms with E-state index >= 15 is 0 Å². The van der Waals surface area contributed by atoms with Crippen LogP contribution in [0.5, 0.6) is 17.4 Å². The summed E-state index contributed by atoms with van der Waals surface area (Å²) in [6, 6.07) is 7.36. The second-order valence-corrected chi connectivity index (χ2v) is 3.62. The number of benzene rings is 1. The quantitative estimate of drug-likeness (QED) is 0.669. The lowest BCUT2D eigenvalue weighted by Gasteiger charge is -2.07. The Morgan fingerprint density at radius 3 is 2.74 bits per heavy atom. The molecule has 2 N–H and O–H groups in total. The van der Waals surface area contributed by atoms with Gasteiger partial charge in [-0.15, -0.1) is 0 Å². The van der Waals surface area contributed by atoms with Gasteiger partial charge in [-0.3, -0.25) is 10.1 Å². The number of nitro benzene ring substituents is 1. The fourth-order valence-corrected chi connectivity index (χ4v) is 1.45. The number of nitrogens with two attached hydrogens (primary N) is 1. The molecule has 98 valence electrons. The molecule has 0 unspecified atom stereocenters. The highest BCUT2D eigenvalue weighted by atomic mass is 16.6. The van der Waals surface area contributed by atoms with Crippen molar-refractivity contribution in [3.8, 4) is 17.4 Å². The zero-order valence-electron chi connectivity index (χ0n) is 10.1. The molecule has 0 aliphatic heterocycles. The summed E-state index contributed by atoms with van der Waals surface area (Å²) in [7, 11) is 1.43. The number of aromatic nitrogens is 1. The van der Waals surface area contributed by atoms with Crippen LogP contribution in [0.15, 0.2) is 36.5 Å². The Bertz CT molecular complexity index is 616. The Morgan fingerprint density at radius 1 is 1.32 bits per heavy atom. The van der Waals surface area contributed by atoms with Gasteiger partial charge >= 0.3 is 5.69 Å². The molecular formula is C12H11N3O4. The molecule has 2 rings (SSSR count). The van der Waals surface area contributed by atoms with Crippen LogP contribution in [0, 0.1) is 10.1 Å². The average Bonchev–Trinajstić information content (AvgIpc) is 2.39. The number of ether oxygens (including phenoxy) is 2. The first kappa shape index (κ1) is 12.6. The molecule has 7 heteroatoms. The fraction of sp³-hybridized carbons (Fsp3) is 0.0833. The van der Waals surface area contributed by atoms with Gasteiger partial charge in [0.1, 0.15) is 5.75 Å². The highest BCUT2D eigenvalue weighted by molar-refractivity contribution is 5.52. The van der Waals surface area contributed by atoms with Gasteiger partial charge in [-0.2, -0.15) is 0 Å². The van der Waals surface area contributed by atoms with Crippen molar-refractivity contribution in [2.24, 2.45) is 0 Å². The van der Waals surface area contributed by atoms with E-state index in [2.05, 4.69) is 4.98 Å². The summed E-state index contributed by atoms with van der Waals surface area (Å²) >= 11 is 0. The zero-order chi connectivity index (χ0) is 13.8. The SMILES string of the molecule is COc1ccc(Oc2cc(N)ccn2)c([N+](=O)[O-])c1. The summed E-state index contributed by atoms with van der Waals surface area (Å²) in [6.07, 6.45) is 1.46. The van der Waals surface area contributed by atoms with Gasteiger partial charge in [0.25, 0.3) is 0 Å². The maximum absolute atomic E-state index is 11.0. The van der Waals surface area contributed by atoms with Gasteiger partial charge in [0.05, 0.1) is 18.1 Å². The van der Waals surface area contributed by atoms with Gasteiger partial charge in [0.15, 0.2) is 0 Å². The monoisotopic (exact) mass is 261 g/mol. The largest absolute Gasteiger partial charge is 0.496 e. The van der Waals surface area contributed by atoms with Crippen LogP contribution in [-0.2, 0) is 0 Å². The van der Waals surface area contributed by atoms with Crippen molar-refractivity contribution in [2.45, 2.75) is 0 Å². The first-order valence-electron chi connectivity index (χ1n) is 5.32. The summed E-state index contributed by atoms with van der Waals surface area (Å²) in [4.78, 5) is 14.3. The number of nitrogen functional groups attached to an aromatic ring is 1. The number of pyridine rings is 1. The Morgan fingerprint density at radius 2 is 2.11 bits per heavy atom. The minimum absolute atomic E-state index is 0.0731. The van der Waals surface area contributed by atoms with E-state index in [4.69, 9.17) is 15.2 Å². The molecular weight excluding hydrogens is 250 g/mol. The fourth-order valence-electron chi connectivity index (χ4n) is 1.45. The van der Waals surface area contributed by atoms with E-state index in [0.29, 0.717) is 11.4 Å². The lowest BCUT2D eigenvalue weighted by atomic mass is 10.3. The van der Waals surface area contributed by atoms with Crippen molar-refractivity contribution in [1.29, 1.82) is 0 Å². The Labute approximate surface area is 108 Å². The third-order valence-corrected chi connectivity index (χ3v) is 2.34. The van der Waals surface area contributed by atoms with Crippen LogP contribution in [0.25, 0.3) is 0 Å². The summed E-state index contributed by atoms with van der Waals surface area (Å²) in [6.45, 7) is 0. The zero-order valence-corrected chi connectivity index (χ0v) is 10.1. The molecule has 1 aromatic carbocycles. The Hall–Kier alpha value is -2.83. The molecule has 1 aromatic heterocycles. The summed E-state index contributed by atoms with van der Waals surface area (Å²) < 4.78 is 10.3. The molecule has 0 atom stereocenters. The highest BCUT2D eigenvalue weighted by Crippen LogP contribution is 2.33. The number of nitro groups is 1. The molecule has 0 aliphatic rings. The number of hydrogen-bond acceptors (Lipinski definition) is 6. The van der Waals surface area contributed by atoms with Crippen molar-refractivity contribution < 1.29 is 14.4 Å². The normalized spacial score (nSPS) is 9.95. The minimum atomic E-state index is -0.551. The van der Waals surface area contributed by atoms with E-state index in [1.54, 1.807) is 12.1 Å². The highest BCUT2D eigenvalue weighted by Gasteiger charge is 2.17. The van der Waals surface area contributed by atoms with Crippen molar-refractivity contribution in [3.05, 3.63) is 46.6 Å². The topological polar surface area (TPSA) is 101 Å². The average molecular weight is 261 g/mol. The lowest BCUT2D eigenvalue weighted by Crippen LogP contribution is -1.96. The molecule has 0 spiro atoms. The van der Waals surface area contributed by atoms with E-state index in [9.17, 15) is 10.1 Å². The van der Waals surface area contributed by atoms with Crippen LogP contribution in [-0.4, -0.2) is 17.0 Å². The van der Waals surface area contributed by atoms with E-state index in [1.807, 2.05) is 0 Å². The third kappa shape index (κ3) is 2.89. The van der Waals surface area contributed by atoms with E-state index in [1.165, 1.54) is 31.5 Å². The van der Waals surface area contributed by atoms with Gasteiger partial charge in [0.2, 0.25) is 11.6 Å². The van der Waals surface area contributed by atoms with Crippen LogP contribution in [0.1, 0.15) is 0 Å². The van der Waals surface area contributed by atoms with Crippen LogP contribution < -0.4 is 15.2 Å². The van der Waals surface area contributed by atoms with Gasteiger partial charge in [-0.1, -0.05) is 0 Å². The van der Waals surface area contributed by atoms with Crippen LogP contribution in [0.4, 0.5) is 11.4 Å². The minimum Gasteiger partial charge on any atom is -0.496 e. The van der Waals surface area contributed by atoms with Crippen LogP contribution in [0.3, 0.4) is 0 Å². The van der Waals surface area contributed by atoms with Crippen molar-refractivity contribution >= 4 is 11.4 Å². The molecule has 0 fully saturated rings. The summed E-state index contributed by atoms with van der Waals surface area (Å²) in [5.41, 5.74) is 5.84. The van der Waals surface area contributed by atoms with Gasteiger partial charge in [-0.25, -0.2) is 4.98 Å². The van der Waals surface area contributed by atoms with Crippen LogP contribution in [0.2, 0.25) is 0 Å². The smallest absolute Gasteiger partial charge is 0.315 e. The Balaban J connectivity index is 2.36. The van der Waals surface area contributed by atoms with Crippen molar-refractivity contribution in [3.63, 3.8) is 0 Å². The third-order valence-electron chi connectivity index (χ3n) is 2.34. The number of nitrogens with zero attached hydrogens (tertiary/aromatic N) is 2. The van der Waals surface area contributed by atoms with Gasteiger partial charge < -0.3 is 15.2 Å². The predicted octanol–water partition coefficient (Wildman–Crippen LogP) is 2.37. The second kappa shape index (κ2) is 5.21. The van der Waals surface area contributed by atoms with E-state index in [0.717, 1.165) is 0 Å². The summed E-state index contributed by atoms with van der Waals surface area (Å²) in [5.74, 6) is 0.636. The van der Waals surface area contributed by atoms with E-state index < -0.39 is 4.92 Å².